The second-order valence-corrected chi connectivity index (χ2v) is 4.19. The van der Waals surface area contributed by atoms with E-state index in [2.05, 4.69) is 20.6 Å². The van der Waals surface area contributed by atoms with Crippen molar-refractivity contribution in [1.82, 2.24) is 9.97 Å². The number of hydrogen-bond donors (Lipinski definition) is 2. The SMILES string of the molecule is Cc1cccc(C)c1Nc1cc(NCC#N)ncn1. The van der Waals surface area contributed by atoms with E-state index in [1.165, 1.54) is 6.33 Å². The normalized spacial score (nSPS) is 9.74. The van der Waals surface area contributed by atoms with Gasteiger partial charge in [0.15, 0.2) is 0 Å². The second kappa shape index (κ2) is 5.83. The Morgan fingerprint density at radius 1 is 1.16 bits per heavy atom. The van der Waals surface area contributed by atoms with E-state index in [1.54, 1.807) is 6.07 Å². The lowest BCUT2D eigenvalue weighted by Crippen LogP contribution is -2.03. The molecular weight excluding hydrogens is 238 g/mol. The van der Waals surface area contributed by atoms with E-state index < -0.39 is 0 Å². The molecular formula is C14H15N5. The Morgan fingerprint density at radius 3 is 2.53 bits per heavy atom. The van der Waals surface area contributed by atoms with Gasteiger partial charge in [-0.1, -0.05) is 18.2 Å². The van der Waals surface area contributed by atoms with Crippen LogP contribution in [0.5, 0.6) is 0 Å². The molecule has 96 valence electrons. The third-order valence-corrected chi connectivity index (χ3v) is 2.75. The molecule has 1 heterocycles. The molecule has 2 aromatic rings. The van der Waals surface area contributed by atoms with Gasteiger partial charge in [-0.25, -0.2) is 9.97 Å². The van der Waals surface area contributed by atoms with E-state index in [4.69, 9.17) is 5.26 Å². The Kier molecular flexibility index (Phi) is 3.94. The Balaban J connectivity index is 2.22. The fourth-order valence-corrected chi connectivity index (χ4v) is 1.79. The largest absolute Gasteiger partial charge is 0.357 e. The first-order valence-electron chi connectivity index (χ1n) is 5.97. The summed E-state index contributed by atoms with van der Waals surface area (Å²) in [4.78, 5) is 8.23. The predicted octanol–water partition coefficient (Wildman–Crippen LogP) is 2.77. The minimum Gasteiger partial charge on any atom is -0.357 e. The van der Waals surface area contributed by atoms with Crippen molar-refractivity contribution in [3.63, 3.8) is 0 Å². The zero-order valence-corrected chi connectivity index (χ0v) is 10.9. The molecule has 0 radical (unpaired) electrons. The average molecular weight is 253 g/mol. The Labute approximate surface area is 112 Å². The summed E-state index contributed by atoms with van der Waals surface area (Å²) in [6, 6.07) is 9.91. The summed E-state index contributed by atoms with van der Waals surface area (Å²) in [7, 11) is 0. The van der Waals surface area contributed by atoms with E-state index in [-0.39, 0.29) is 6.54 Å². The minimum atomic E-state index is 0.222. The van der Waals surface area contributed by atoms with Crippen molar-refractivity contribution < 1.29 is 0 Å². The van der Waals surface area contributed by atoms with Gasteiger partial charge in [-0.15, -0.1) is 0 Å². The Morgan fingerprint density at radius 2 is 1.84 bits per heavy atom. The fraction of sp³-hybridized carbons (Fsp3) is 0.214. The molecule has 0 aliphatic carbocycles. The zero-order valence-electron chi connectivity index (χ0n) is 10.9. The number of para-hydroxylation sites is 1. The molecule has 0 bridgehead atoms. The highest BCUT2D eigenvalue weighted by molar-refractivity contribution is 5.65. The molecule has 5 heteroatoms. The Hall–Kier alpha value is -2.61. The summed E-state index contributed by atoms with van der Waals surface area (Å²) in [6.07, 6.45) is 1.47. The lowest BCUT2D eigenvalue weighted by molar-refractivity contribution is 1.14. The van der Waals surface area contributed by atoms with E-state index in [9.17, 15) is 0 Å². The smallest absolute Gasteiger partial charge is 0.135 e. The standard InChI is InChI=1S/C14H15N5/c1-10-4-3-5-11(2)14(10)19-13-8-12(16-7-6-15)17-9-18-13/h3-5,8-9H,7H2,1-2H3,(H2,16,17,18,19). The van der Waals surface area contributed by atoms with Crippen LogP contribution in [0.2, 0.25) is 0 Å². The van der Waals surface area contributed by atoms with Crippen molar-refractivity contribution >= 4 is 17.3 Å². The van der Waals surface area contributed by atoms with Gasteiger partial charge in [-0.3, -0.25) is 0 Å². The summed E-state index contributed by atoms with van der Waals surface area (Å²) in [5.41, 5.74) is 3.36. The van der Waals surface area contributed by atoms with Crippen LogP contribution in [-0.2, 0) is 0 Å². The van der Waals surface area contributed by atoms with Gasteiger partial charge in [0.1, 0.15) is 24.5 Å². The molecule has 5 nitrogen and oxygen atoms in total. The molecule has 2 rings (SSSR count). The van der Waals surface area contributed by atoms with E-state index in [0.717, 1.165) is 16.8 Å². The molecule has 0 fully saturated rings. The molecule has 0 saturated heterocycles. The zero-order chi connectivity index (χ0) is 13.7. The lowest BCUT2D eigenvalue weighted by atomic mass is 10.1. The maximum Gasteiger partial charge on any atom is 0.135 e. The van der Waals surface area contributed by atoms with Gasteiger partial charge in [-0.05, 0) is 25.0 Å². The quantitative estimate of drug-likeness (QED) is 0.819. The van der Waals surface area contributed by atoms with Gasteiger partial charge in [0.25, 0.3) is 0 Å². The van der Waals surface area contributed by atoms with Gasteiger partial charge in [0.05, 0.1) is 6.07 Å². The molecule has 2 N–H and O–H groups in total. The molecule has 0 saturated carbocycles. The van der Waals surface area contributed by atoms with Crippen molar-refractivity contribution in [1.29, 1.82) is 5.26 Å². The number of aryl methyl sites for hydroxylation is 2. The van der Waals surface area contributed by atoms with E-state index in [1.807, 2.05) is 38.1 Å². The second-order valence-electron chi connectivity index (χ2n) is 4.19. The topological polar surface area (TPSA) is 73.6 Å². The molecule has 0 unspecified atom stereocenters. The van der Waals surface area contributed by atoms with Gasteiger partial charge >= 0.3 is 0 Å². The lowest BCUT2D eigenvalue weighted by Gasteiger charge is -2.12. The average Bonchev–Trinajstić information content (AvgIpc) is 2.41. The number of hydrogen-bond acceptors (Lipinski definition) is 5. The van der Waals surface area contributed by atoms with Crippen molar-refractivity contribution in [2.45, 2.75) is 13.8 Å². The summed E-state index contributed by atoms with van der Waals surface area (Å²) >= 11 is 0. The van der Waals surface area contributed by atoms with Crippen LogP contribution in [-0.4, -0.2) is 16.5 Å². The summed E-state index contributed by atoms with van der Waals surface area (Å²) < 4.78 is 0. The third-order valence-electron chi connectivity index (χ3n) is 2.75. The molecule has 0 aliphatic heterocycles. The third kappa shape index (κ3) is 3.19. The van der Waals surface area contributed by atoms with Crippen LogP contribution in [0.4, 0.5) is 17.3 Å². The molecule has 0 spiro atoms. The van der Waals surface area contributed by atoms with Crippen molar-refractivity contribution in [2.24, 2.45) is 0 Å². The van der Waals surface area contributed by atoms with Crippen LogP contribution in [0.3, 0.4) is 0 Å². The van der Waals surface area contributed by atoms with E-state index >= 15 is 0 Å². The number of rotatable bonds is 4. The van der Waals surface area contributed by atoms with E-state index in [0.29, 0.717) is 11.6 Å². The van der Waals surface area contributed by atoms with Crippen molar-refractivity contribution in [3.05, 3.63) is 41.7 Å². The van der Waals surface area contributed by atoms with Gasteiger partial charge in [0, 0.05) is 11.8 Å². The van der Waals surface area contributed by atoms with Crippen LogP contribution >= 0.6 is 0 Å². The van der Waals surface area contributed by atoms with Crippen LogP contribution < -0.4 is 10.6 Å². The number of nitriles is 1. The predicted molar refractivity (Wildman–Crippen MR) is 75.3 cm³/mol. The molecule has 19 heavy (non-hydrogen) atoms. The summed E-state index contributed by atoms with van der Waals surface area (Å²) in [6.45, 7) is 4.32. The van der Waals surface area contributed by atoms with Gasteiger partial charge in [0.2, 0.25) is 0 Å². The maximum absolute atomic E-state index is 8.53. The minimum absolute atomic E-state index is 0.222. The van der Waals surface area contributed by atoms with Crippen LogP contribution in [0.1, 0.15) is 11.1 Å². The fourth-order valence-electron chi connectivity index (χ4n) is 1.79. The highest BCUT2D eigenvalue weighted by atomic mass is 15.1. The number of aromatic nitrogens is 2. The van der Waals surface area contributed by atoms with Crippen LogP contribution in [0.25, 0.3) is 0 Å². The first-order chi connectivity index (χ1) is 9.20. The molecule has 1 aromatic carbocycles. The highest BCUT2D eigenvalue weighted by Crippen LogP contribution is 2.23. The first kappa shape index (κ1) is 12.8. The highest BCUT2D eigenvalue weighted by Gasteiger charge is 2.04. The van der Waals surface area contributed by atoms with Crippen LogP contribution in [0.15, 0.2) is 30.6 Å². The summed E-state index contributed by atoms with van der Waals surface area (Å²) in [5.74, 6) is 1.33. The molecule has 0 atom stereocenters. The Bertz CT molecular complexity index is 595. The molecule has 0 aliphatic rings. The maximum atomic E-state index is 8.53. The number of benzene rings is 1. The number of nitrogens with zero attached hydrogens (tertiary/aromatic N) is 3. The molecule has 1 aromatic heterocycles. The number of anilines is 3. The van der Waals surface area contributed by atoms with Gasteiger partial charge < -0.3 is 10.6 Å². The number of nitrogens with one attached hydrogen (secondary N) is 2. The summed E-state index contributed by atoms with van der Waals surface area (Å²) in [5, 5.41) is 14.7. The van der Waals surface area contributed by atoms with Crippen molar-refractivity contribution in [3.8, 4) is 6.07 Å². The van der Waals surface area contributed by atoms with Crippen molar-refractivity contribution in [2.75, 3.05) is 17.2 Å². The molecule has 0 amide bonds. The first-order valence-corrected chi connectivity index (χ1v) is 5.97. The van der Waals surface area contributed by atoms with Crippen LogP contribution in [0, 0.1) is 25.2 Å². The monoisotopic (exact) mass is 253 g/mol. The van der Waals surface area contributed by atoms with Gasteiger partial charge in [-0.2, -0.15) is 5.26 Å².